The predicted octanol–water partition coefficient (Wildman–Crippen LogP) is 4.43. The molecule has 3 aliphatic rings. The molecule has 1 saturated heterocycles. The van der Waals surface area contributed by atoms with Crippen LogP contribution >= 0.6 is 23.2 Å². The average molecular weight is 461 g/mol. The highest BCUT2D eigenvalue weighted by Gasteiger charge is 2.76. The van der Waals surface area contributed by atoms with Gasteiger partial charge in [0, 0.05) is 5.41 Å². The summed E-state index contributed by atoms with van der Waals surface area (Å²) >= 11 is 12.3. The first-order valence-corrected chi connectivity index (χ1v) is 11.2. The number of fused-ring (bicyclic) bond motifs is 4. The van der Waals surface area contributed by atoms with Crippen molar-refractivity contribution in [2.45, 2.75) is 50.9 Å². The molecule has 31 heavy (non-hydrogen) atoms. The number of rotatable bonds is 5. The molecule has 9 heteroatoms. The van der Waals surface area contributed by atoms with Gasteiger partial charge in [0.25, 0.3) is 0 Å². The maximum Gasteiger partial charge on any atom is 0.225 e. The molecule has 2 aliphatic carbocycles. The van der Waals surface area contributed by atoms with E-state index in [1.165, 1.54) is 0 Å². The number of aromatic nitrogens is 4. The van der Waals surface area contributed by atoms with Crippen LogP contribution in [0.2, 0.25) is 10.4 Å². The lowest BCUT2D eigenvalue weighted by Gasteiger charge is -2.24. The van der Waals surface area contributed by atoms with Gasteiger partial charge in [0.2, 0.25) is 5.28 Å². The monoisotopic (exact) mass is 460 g/mol. The Bertz CT molecular complexity index is 1150. The lowest BCUT2D eigenvalue weighted by atomic mass is 10.0. The molecular weight excluding hydrogens is 439 g/mol. The van der Waals surface area contributed by atoms with Crippen molar-refractivity contribution < 1.29 is 14.2 Å². The Morgan fingerprint density at radius 3 is 2.77 bits per heavy atom. The Labute approximate surface area is 189 Å². The van der Waals surface area contributed by atoms with Crippen LogP contribution in [-0.2, 0) is 20.8 Å². The third-order valence-electron chi connectivity index (χ3n) is 6.78. The molecule has 0 bridgehead atoms. The highest BCUT2D eigenvalue weighted by atomic mass is 35.5. The van der Waals surface area contributed by atoms with Gasteiger partial charge in [-0.15, -0.1) is 0 Å². The molecule has 3 fully saturated rings. The van der Waals surface area contributed by atoms with Crippen molar-refractivity contribution in [2.24, 2.45) is 11.3 Å². The second-order valence-corrected chi connectivity index (χ2v) is 9.84. The Hall–Kier alpha value is -1.77. The first kappa shape index (κ1) is 19.9. The van der Waals surface area contributed by atoms with E-state index >= 15 is 0 Å². The van der Waals surface area contributed by atoms with Crippen molar-refractivity contribution in [3.8, 4) is 0 Å². The molecule has 0 radical (unpaired) electrons. The zero-order chi connectivity index (χ0) is 21.4. The third-order valence-corrected chi connectivity index (χ3v) is 7.21. The lowest BCUT2D eigenvalue weighted by Crippen LogP contribution is -2.33. The molecule has 0 unspecified atom stereocenters. The topological polar surface area (TPSA) is 71.3 Å². The molecule has 2 saturated carbocycles. The first-order chi connectivity index (χ1) is 14.9. The number of nitrogens with zero attached hydrogens (tertiary/aromatic N) is 4. The van der Waals surface area contributed by atoms with Crippen LogP contribution in [0.3, 0.4) is 0 Å². The van der Waals surface area contributed by atoms with E-state index in [0.29, 0.717) is 30.3 Å². The first-order valence-electron chi connectivity index (χ1n) is 10.4. The van der Waals surface area contributed by atoms with Gasteiger partial charge in [0.05, 0.1) is 31.7 Å². The smallest absolute Gasteiger partial charge is 0.225 e. The van der Waals surface area contributed by atoms with Crippen LogP contribution in [0.25, 0.3) is 11.2 Å². The van der Waals surface area contributed by atoms with Gasteiger partial charge >= 0.3 is 0 Å². The molecular formula is C22H22Cl2N4O3. The number of benzene rings is 1. The summed E-state index contributed by atoms with van der Waals surface area (Å²) in [5, 5.41) is 0.353. The highest BCUT2D eigenvalue weighted by molar-refractivity contribution is 6.35. The van der Waals surface area contributed by atoms with Crippen LogP contribution in [0, 0.1) is 11.3 Å². The number of ether oxygens (including phenoxy) is 3. The van der Waals surface area contributed by atoms with Crippen LogP contribution in [0.5, 0.6) is 0 Å². The minimum Gasteiger partial charge on any atom is -0.376 e. The molecule has 6 rings (SSSR count). The predicted molar refractivity (Wildman–Crippen MR) is 115 cm³/mol. The summed E-state index contributed by atoms with van der Waals surface area (Å²) in [4.78, 5) is 12.9. The van der Waals surface area contributed by atoms with Gasteiger partial charge in [-0.2, -0.15) is 4.98 Å². The second-order valence-electron chi connectivity index (χ2n) is 9.14. The zero-order valence-corrected chi connectivity index (χ0v) is 18.7. The number of imidazole rings is 1. The van der Waals surface area contributed by atoms with Crippen molar-refractivity contribution in [1.82, 2.24) is 19.5 Å². The van der Waals surface area contributed by atoms with Gasteiger partial charge in [-0.25, -0.2) is 9.97 Å². The lowest BCUT2D eigenvalue weighted by molar-refractivity contribution is -0.164. The molecule has 0 amide bonds. The van der Waals surface area contributed by atoms with E-state index in [-0.39, 0.29) is 34.1 Å². The molecule has 162 valence electrons. The normalized spacial score (nSPS) is 32.9. The fraction of sp³-hybridized carbons (Fsp3) is 0.500. The molecule has 1 aromatic carbocycles. The number of hydrogen-bond donors (Lipinski definition) is 0. The zero-order valence-electron chi connectivity index (χ0n) is 17.2. The van der Waals surface area contributed by atoms with Crippen molar-refractivity contribution >= 4 is 34.4 Å². The van der Waals surface area contributed by atoms with Crippen molar-refractivity contribution in [2.75, 3.05) is 6.61 Å². The van der Waals surface area contributed by atoms with E-state index in [1.807, 2.05) is 36.6 Å². The van der Waals surface area contributed by atoms with E-state index in [0.717, 1.165) is 12.0 Å². The van der Waals surface area contributed by atoms with Gasteiger partial charge in [-0.3, -0.25) is 0 Å². The number of hydrogen-bond acceptors (Lipinski definition) is 6. The highest BCUT2D eigenvalue weighted by Crippen LogP contribution is 2.71. The second kappa shape index (κ2) is 6.86. The quantitative estimate of drug-likeness (QED) is 0.414. The Balaban J connectivity index is 1.32. The van der Waals surface area contributed by atoms with E-state index < -0.39 is 5.79 Å². The van der Waals surface area contributed by atoms with Gasteiger partial charge in [-0.05, 0) is 43.4 Å². The summed E-state index contributed by atoms with van der Waals surface area (Å²) in [6.45, 7) is 5.11. The molecule has 3 heterocycles. The summed E-state index contributed by atoms with van der Waals surface area (Å²) in [6, 6.07) is 10.2. The van der Waals surface area contributed by atoms with Gasteiger partial charge in [0.1, 0.15) is 11.6 Å². The summed E-state index contributed by atoms with van der Waals surface area (Å²) in [6.07, 6.45) is 2.58. The Kier molecular flexibility index (Phi) is 4.40. The molecule has 3 aromatic rings. The van der Waals surface area contributed by atoms with Crippen LogP contribution in [0.4, 0.5) is 0 Å². The summed E-state index contributed by atoms with van der Waals surface area (Å²) < 4.78 is 21.0. The summed E-state index contributed by atoms with van der Waals surface area (Å²) in [5.74, 6) is -0.326. The van der Waals surface area contributed by atoms with E-state index in [1.54, 1.807) is 6.33 Å². The van der Waals surface area contributed by atoms with Gasteiger partial charge < -0.3 is 18.8 Å². The Morgan fingerprint density at radius 2 is 1.97 bits per heavy atom. The molecule has 0 N–H and O–H groups in total. The van der Waals surface area contributed by atoms with Crippen molar-refractivity contribution in [3.63, 3.8) is 0 Å². The van der Waals surface area contributed by atoms with E-state index in [2.05, 4.69) is 27.1 Å². The minimum atomic E-state index is -0.658. The average Bonchev–Trinajstić information content (AvgIpc) is 2.98. The maximum absolute atomic E-state index is 6.40. The van der Waals surface area contributed by atoms with E-state index in [4.69, 9.17) is 37.4 Å². The largest absolute Gasteiger partial charge is 0.376 e. The van der Waals surface area contributed by atoms with Crippen molar-refractivity contribution in [3.05, 3.63) is 52.7 Å². The van der Waals surface area contributed by atoms with Crippen LogP contribution in [-0.4, -0.2) is 44.1 Å². The fourth-order valence-corrected chi connectivity index (χ4v) is 5.88. The molecule has 2 aromatic heterocycles. The third kappa shape index (κ3) is 3.09. The minimum absolute atomic E-state index is 0.0131. The van der Waals surface area contributed by atoms with Gasteiger partial charge in [-0.1, -0.05) is 41.9 Å². The summed E-state index contributed by atoms with van der Waals surface area (Å²) in [5.41, 5.74) is 2.23. The molecule has 0 spiro atoms. The maximum atomic E-state index is 6.40. The SMILES string of the molecule is CC1(C)O[C@H]2[C@H](n3cnc4c(Cl)nc(Cl)nc43)[C@H]3C[C@@]3(COCc3ccccc3)[C@H]2O1. The van der Waals surface area contributed by atoms with Crippen LogP contribution < -0.4 is 0 Å². The standard InChI is InChI=1S/C22H22Cl2N4O3/c1-21(2)30-16-15(28-11-25-14-18(23)26-20(24)27-19(14)28)13-8-22(13,17(16)31-21)10-29-9-12-6-4-3-5-7-12/h3-7,11,13,15-17H,8-10H2,1-2H3/t13-,15-,16+,17+,22+/m1/s1. The molecule has 7 nitrogen and oxygen atoms in total. The fourth-order valence-electron chi connectivity index (χ4n) is 5.46. The molecule has 1 aliphatic heterocycles. The van der Waals surface area contributed by atoms with Crippen LogP contribution in [0.1, 0.15) is 31.9 Å². The van der Waals surface area contributed by atoms with E-state index in [9.17, 15) is 0 Å². The molecule has 5 atom stereocenters. The van der Waals surface area contributed by atoms with Gasteiger partial charge in [0.15, 0.2) is 16.6 Å². The summed E-state index contributed by atoms with van der Waals surface area (Å²) in [7, 11) is 0. The van der Waals surface area contributed by atoms with Crippen LogP contribution in [0.15, 0.2) is 36.7 Å². The van der Waals surface area contributed by atoms with Crippen molar-refractivity contribution in [1.29, 1.82) is 0 Å². The Morgan fingerprint density at radius 1 is 1.16 bits per heavy atom. The number of halogens is 2.